The number of sulfonamides is 1. The number of aliphatic hydroxyl groups is 1. The third kappa shape index (κ3) is 3.25. The molecule has 0 saturated heterocycles. The zero-order valence-electron chi connectivity index (χ0n) is 11.1. The van der Waals surface area contributed by atoms with Crippen LogP contribution < -0.4 is 10.5 Å². The van der Waals surface area contributed by atoms with Crippen molar-refractivity contribution in [1.29, 1.82) is 0 Å². The quantitative estimate of drug-likeness (QED) is 0.721. The summed E-state index contributed by atoms with van der Waals surface area (Å²) >= 11 is 5.78. The van der Waals surface area contributed by atoms with E-state index in [-0.39, 0.29) is 29.1 Å². The van der Waals surface area contributed by atoms with Crippen molar-refractivity contribution in [1.82, 2.24) is 4.72 Å². The number of nitrogens with one attached hydrogen (secondary N) is 1. The maximum atomic E-state index is 12.2. The smallest absolute Gasteiger partial charge is 0.240 e. The highest BCUT2D eigenvalue weighted by Crippen LogP contribution is 2.37. The Morgan fingerprint density at radius 3 is 2.55 bits per heavy atom. The Morgan fingerprint density at radius 2 is 2.00 bits per heavy atom. The lowest BCUT2D eigenvalue weighted by atomic mass is 9.88. The Balaban J connectivity index is 2.13. The molecule has 0 radical (unpaired) electrons. The van der Waals surface area contributed by atoms with E-state index in [2.05, 4.69) is 4.72 Å². The highest BCUT2D eigenvalue weighted by atomic mass is 35.5. The fraction of sp³-hybridized carbons (Fsp3) is 0.538. The summed E-state index contributed by atoms with van der Waals surface area (Å²) in [5.74, 6) is 0. The van der Waals surface area contributed by atoms with Crippen LogP contribution in [0.15, 0.2) is 23.1 Å². The molecule has 20 heavy (non-hydrogen) atoms. The van der Waals surface area contributed by atoms with Crippen molar-refractivity contribution >= 4 is 27.3 Å². The van der Waals surface area contributed by atoms with E-state index in [1.54, 1.807) is 0 Å². The first kappa shape index (κ1) is 15.6. The number of nitrogen functional groups attached to an aromatic ring is 1. The van der Waals surface area contributed by atoms with Gasteiger partial charge in [0.25, 0.3) is 0 Å². The molecule has 0 aliphatic heterocycles. The number of hydrogen-bond donors (Lipinski definition) is 3. The third-order valence-electron chi connectivity index (χ3n) is 3.91. The number of hydrogen-bond acceptors (Lipinski definition) is 4. The summed E-state index contributed by atoms with van der Waals surface area (Å²) in [5.41, 5.74) is 5.52. The van der Waals surface area contributed by atoms with Crippen molar-refractivity contribution < 1.29 is 13.5 Å². The van der Waals surface area contributed by atoms with Crippen molar-refractivity contribution in [2.45, 2.75) is 30.6 Å². The van der Waals surface area contributed by atoms with Gasteiger partial charge in [-0.3, -0.25) is 0 Å². The molecule has 4 N–H and O–H groups in total. The van der Waals surface area contributed by atoms with Crippen LogP contribution in [0.3, 0.4) is 0 Å². The molecule has 0 atom stereocenters. The van der Waals surface area contributed by atoms with Crippen LogP contribution in [-0.2, 0) is 10.0 Å². The Hall–Kier alpha value is -0.820. The average Bonchev–Trinajstić information content (AvgIpc) is 2.89. The summed E-state index contributed by atoms with van der Waals surface area (Å²) in [5, 5.41) is 9.82. The van der Waals surface area contributed by atoms with E-state index in [1.165, 1.54) is 18.2 Å². The molecule has 112 valence electrons. The second-order valence-corrected chi connectivity index (χ2v) is 7.55. The second kappa shape index (κ2) is 5.89. The normalized spacial score (nSPS) is 18.3. The minimum Gasteiger partial charge on any atom is -0.397 e. The van der Waals surface area contributed by atoms with Gasteiger partial charge in [-0.2, -0.15) is 0 Å². The lowest BCUT2D eigenvalue weighted by molar-refractivity contribution is 0.134. The molecule has 0 aromatic heterocycles. The van der Waals surface area contributed by atoms with Gasteiger partial charge in [-0.05, 0) is 31.0 Å². The number of aliphatic hydroxyl groups excluding tert-OH is 1. The Morgan fingerprint density at radius 1 is 1.35 bits per heavy atom. The lowest BCUT2D eigenvalue weighted by Gasteiger charge is -2.26. The molecule has 1 aromatic carbocycles. The van der Waals surface area contributed by atoms with Gasteiger partial charge in [-0.15, -0.1) is 0 Å². The molecule has 0 heterocycles. The Kier molecular flexibility index (Phi) is 4.59. The molecule has 1 saturated carbocycles. The van der Waals surface area contributed by atoms with E-state index in [1.807, 2.05) is 0 Å². The molecule has 0 unspecified atom stereocenters. The highest BCUT2D eigenvalue weighted by Gasteiger charge is 2.34. The molecule has 1 aliphatic carbocycles. The number of rotatable bonds is 5. The van der Waals surface area contributed by atoms with Crippen molar-refractivity contribution in [2.75, 3.05) is 18.9 Å². The maximum Gasteiger partial charge on any atom is 0.240 e. The highest BCUT2D eigenvalue weighted by molar-refractivity contribution is 7.89. The van der Waals surface area contributed by atoms with Gasteiger partial charge < -0.3 is 10.8 Å². The van der Waals surface area contributed by atoms with Crippen molar-refractivity contribution in [3.05, 3.63) is 23.2 Å². The SMILES string of the molecule is Nc1cc(S(=O)(=O)NCC2(CO)CCCC2)ccc1Cl. The van der Waals surface area contributed by atoms with Gasteiger partial charge in [0.05, 0.1) is 15.6 Å². The number of halogens is 1. The van der Waals surface area contributed by atoms with Crippen LogP contribution in [0.1, 0.15) is 25.7 Å². The predicted octanol–water partition coefficient (Wildman–Crippen LogP) is 1.75. The molecule has 1 aliphatic rings. The van der Waals surface area contributed by atoms with Crippen LogP contribution in [0.2, 0.25) is 5.02 Å². The molecular formula is C13H19ClN2O3S. The fourth-order valence-electron chi connectivity index (χ4n) is 2.54. The van der Waals surface area contributed by atoms with E-state index < -0.39 is 10.0 Å². The van der Waals surface area contributed by atoms with Gasteiger partial charge >= 0.3 is 0 Å². The van der Waals surface area contributed by atoms with Crippen LogP contribution in [0.4, 0.5) is 5.69 Å². The van der Waals surface area contributed by atoms with Gasteiger partial charge in [0.1, 0.15) is 0 Å². The zero-order valence-corrected chi connectivity index (χ0v) is 12.7. The minimum absolute atomic E-state index is 0.00171. The fourth-order valence-corrected chi connectivity index (χ4v) is 3.85. The minimum atomic E-state index is -3.63. The Bertz CT molecular complexity index is 583. The summed E-state index contributed by atoms with van der Waals surface area (Å²) in [4.78, 5) is 0.0884. The Labute approximate surface area is 124 Å². The first-order valence-electron chi connectivity index (χ1n) is 6.54. The zero-order chi connectivity index (χ0) is 14.8. The van der Waals surface area contributed by atoms with Crippen LogP contribution in [0, 0.1) is 5.41 Å². The topological polar surface area (TPSA) is 92.4 Å². The monoisotopic (exact) mass is 318 g/mol. The molecule has 7 heteroatoms. The summed E-state index contributed by atoms with van der Waals surface area (Å²) in [6.07, 6.45) is 3.73. The molecule has 0 amide bonds. The van der Waals surface area contributed by atoms with E-state index in [0.29, 0.717) is 5.02 Å². The summed E-state index contributed by atoms with van der Waals surface area (Å²) < 4.78 is 27.0. The van der Waals surface area contributed by atoms with E-state index in [9.17, 15) is 13.5 Å². The molecule has 5 nitrogen and oxygen atoms in total. The lowest BCUT2D eigenvalue weighted by Crippen LogP contribution is -2.38. The van der Waals surface area contributed by atoms with Gasteiger partial charge in [0.2, 0.25) is 10.0 Å². The molecular weight excluding hydrogens is 300 g/mol. The molecule has 0 spiro atoms. The molecule has 2 rings (SSSR count). The first-order chi connectivity index (χ1) is 9.38. The summed E-state index contributed by atoms with van der Waals surface area (Å²) in [6.45, 7) is 0.243. The maximum absolute atomic E-state index is 12.2. The largest absolute Gasteiger partial charge is 0.397 e. The standard InChI is InChI=1S/C13H19ClN2O3S/c14-11-4-3-10(7-12(11)15)20(18,19)16-8-13(9-17)5-1-2-6-13/h3-4,7,16-17H,1-2,5-6,8-9,15H2. The van der Waals surface area contributed by atoms with Crippen LogP contribution in [-0.4, -0.2) is 26.7 Å². The van der Waals surface area contributed by atoms with E-state index in [0.717, 1.165) is 25.7 Å². The van der Waals surface area contributed by atoms with E-state index in [4.69, 9.17) is 17.3 Å². The average molecular weight is 319 g/mol. The van der Waals surface area contributed by atoms with Crippen molar-refractivity contribution in [2.24, 2.45) is 5.41 Å². The molecule has 1 aromatic rings. The summed E-state index contributed by atoms with van der Waals surface area (Å²) in [7, 11) is -3.63. The molecule has 1 fully saturated rings. The van der Waals surface area contributed by atoms with Crippen molar-refractivity contribution in [3.8, 4) is 0 Å². The van der Waals surface area contributed by atoms with Gasteiger partial charge in [-0.1, -0.05) is 24.4 Å². The van der Waals surface area contributed by atoms with Gasteiger partial charge in [0.15, 0.2) is 0 Å². The second-order valence-electron chi connectivity index (χ2n) is 5.37. The summed E-state index contributed by atoms with van der Waals surface area (Å²) in [6, 6.07) is 4.22. The predicted molar refractivity (Wildman–Crippen MR) is 79.0 cm³/mol. The van der Waals surface area contributed by atoms with Crippen LogP contribution >= 0.6 is 11.6 Å². The van der Waals surface area contributed by atoms with E-state index >= 15 is 0 Å². The molecule has 0 bridgehead atoms. The van der Waals surface area contributed by atoms with Gasteiger partial charge in [-0.25, -0.2) is 13.1 Å². The number of benzene rings is 1. The number of anilines is 1. The van der Waals surface area contributed by atoms with Crippen LogP contribution in [0.25, 0.3) is 0 Å². The van der Waals surface area contributed by atoms with Gasteiger partial charge in [0, 0.05) is 18.6 Å². The van der Waals surface area contributed by atoms with Crippen LogP contribution in [0.5, 0.6) is 0 Å². The first-order valence-corrected chi connectivity index (χ1v) is 8.40. The number of nitrogens with two attached hydrogens (primary N) is 1. The van der Waals surface area contributed by atoms with Crippen molar-refractivity contribution in [3.63, 3.8) is 0 Å². The third-order valence-corrected chi connectivity index (χ3v) is 5.66.